The quantitative estimate of drug-likeness (QED) is 0.902. The number of hydrogen-bond acceptors (Lipinski definition) is 4. The van der Waals surface area contributed by atoms with Crippen LogP contribution in [0.5, 0.6) is 0 Å². The lowest BCUT2D eigenvalue weighted by Gasteiger charge is -2.11. The van der Waals surface area contributed by atoms with Crippen LogP contribution in [0.1, 0.15) is 18.2 Å². The number of nitrogens with zero attached hydrogens (tertiary/aromatic N) is 3. The molecule has 0 aliphatic heterocycles. The second kappa shape index (κ2) is 5.21. The van der Waals surface area contributed by atoms with Gasteiger partial charge in [0.05, 0.1) is 33.7 Å². The van der Waals surface area contributed by atoms with E-state index in [0.717, 1.165) is 5.69 Å². The number of aryl methyl sites for hydroxylation is 2. The molecule has 0 spiro atoms. The molecule has 0 saturated heterocycles. The van der Waals surface area contributed by atoms with Gasteiger partial charge in [0.25, 0.3) is 0 Å². The molecule has 0 fully saturated rings. The topological polar surface area (TPSA) is 79.7 Å². The van der Waals surface area contributed by atoms with Crippen LogP contribution in [0.15, 0.2) is 18.2 Å². The molecule has 19 heavy (non-hydrogen) atoms. The van der Waals surface area contributed by atoms with Crippen LogP contribution < -0.4 is 11.1 Å². The van der Waals surface area contributed by atoms with Crippen molar-refractivity contribution in [2.24, 2.45) is 0 Å². The molecule has 6 heteroatoms. The lowest BCUT2D eigenvalue weighted by Crippen LogP contribution is -2.04. The molecule has 2 aromatic rings. The first-order valence-corrected chi connectivity index (χ1v) is 6.24. The summed E-state index contributed by atoms with van der Waals surface area (Å²) < 4.78 is 1.78. The monoisotopic (exact) mass is 275 g/mol. The van der Waals surface area contributed by atoms with Gasteiger partial charge in [0.15, 0.2) is 5.82 Å². The molecule has 0 aliphatic carbocycles. The highest BCUT2D eigenvalue weighted by Gasteiger charge is 2.13. The molecule has 0 aliphatic rings. The minimum atomic E-state index is 0.472. The molecule has 1 heterocycles. The number of nitriles is 1. The minimum Gasteiger partial charge on any atom is -0.394 e. The van der Waals surface area contributed by atoms with Crippen molar-refractivity contribution >= 4 is 28.8 Å². The number of halogens is 1. The van der Waals surface area contributed by atoms with Crippen LogP contribution in [0.3, 0.4) is 0 Å². The smallest absolute Gasteiger partial charge is 0.152 e. The number of benzene rings is 1. The fourth-order valence-corrected chi connectivity index (χ4v) is 2.00. The maximum absolute atomic E-state index is 8.81. The number of rotatable bonds is 3. The Hall–Kier alpha value is -2.19. The summed E-state index contributed by atoms with van der Waals surface area (Å²) >= 11 is 6.13. The molecule has 3 N–H and O–H groups in total. The third kappa shape index (κ3) is 2.49. The van der Waals surface area contributed by atoms with E-state index in [0.29, 0.717) is 34.3 Å². The molecule has 2 rings (SSSR count). The summed E-state index contributed by atoms with van der Waals surface area (Å²) in [5.41, 5.74) is 8.58. The molecule has 1 aromatic carbocycles. The van der Waals surface area contributed by atoms with E-state index in [-0.39, 0.29) is 0 Å². The van der Waals surface area contributed by atoms with E-state index in [4.69, 9.17) is 22.6 Å². The third-order valence-corrected chi connectivity index (χ3v) is 3.14. The molecule has 0 unspecified atom stereocenters. The summed E-state index contributed by atoms with van der Waals surface area (Å²) in [5, 5.41) is 16.8. The molecule has 0 radical (unpaired) electrons. The molecule has 1 aromatic heterocycles. The van der Waals surface area contributed by atoms with Gasteiger partial charge >= 0.3 is 0 Å². The van der Waals surface area contributed by atoms with Gasteiger partial charge in [-0.1, -0.05) is 11.6 Å². The molecular weight excluding hydrogens is 262 g/mol. The maximum Gasteiger partial charge on any atom is 0.152 e. The van der Waals surface area contributed by atoms with Crippen molar-refractivity contribution in [2.45, 2.75) is 20.4 Å². The summed E-state index contributed by atoms with van der Waals surface area (Å²) in [7, 11) is 0. The van der Waals surface area contributed by atoms with E-state index >= 15 is 0 Å². The molecule has 0 atom stereocenters. The summed E-state index contributed by atoms with van der Waals surface area (Å²) in [6, 6.07) is 7.10. The Labute approximate surface area is 116 Å². The second-order valence-electron chi connectivity index (χ2n) is 4.09. The Morgan fingerprint density at radius 1 is 1.53 bits per heavy atom. The van der Waals surface area contributed by atoms with Gasteiger partial charge in [-0.2, -0.15) is 10.4 Å². The first-order valence-electron chi connectivity index (χ1n) is 5.86. The zero-order valence-electron chi connectivity index (χ0n) is 10.7. The molecule has 0 saturated carbocycles. The third-order valence-electron chi connectivity index (χ3n) is 2.82. The van der Waals surface area contributed by atoms with E-state index in [9.17, 15) is 0 Å². The van der Waals surface area contributed by atoms with Gasteiger partial charge in [0.1, 0.15) is 0 Å². The Bertz CT molecular complexity index is 654. The van der Waals surface area contributed by atoms with Crippen LogP contribution in [-0.4, -0.2) is 9.78 Å². The van der Waals surface area contributed by atoms with Crippen LogP contribution in [0.4, 0.5) is 17.2 Å². The molecule has 0 bridgehead atoms. The average molecular weight is 276 g/mol. The number of aromatic nitrogens is 2. The largest absolute Gasteiger partial charge is 0.394 e. The van der Waals surface area contributed by atoms with Crippen LogP contribution in [0.2, 0.25) is 5.02 Å². The number of nitrogen functional groups attached to an aromatic ring is 1. The van der Waals surface area contributed by atoms with Crippen molar-refractivity contribution in [3.63, 3.8) is 0 Å². The predicted octanol–water partition coefficient (Wildman–Crippen LogP) is 3.06. The number of nitrogens with two attached hydrogens (primary N) is 1. The van der Waals surface area contributed by atoms with Gasteiger partial charge in [-0.05, 0) is 32.0 Å². The molecule has 98 valence electrons. The Morgan fingerprint density at radius 2 is 2.26 bits per heavy atom. The number of hydrogen-bond donors (Lipinski definition) is 2. The Kier molecular flexibility index (Phi) is 3.63. The average Bonchev–Trinajstić information content (AvgIpc) is 2.68. The summed E-state index contributed by atoms with van der Waals surface area (Å²) in [5.74, 6) is 0.714. The first kappa shape index (κ1) is 13.2. The Balaban J connectivity index is 2.39. The predicted molar refractivity (Wildman–Crippen MR) is 76.5 cm³/mol. The van der Waals surface area contributed by atoms with E-state index in [1.54, 1.807) is 22.9 Å². The zero-order valence-corrected chi connectivity index (χ0v) is 11.5. The van der Waals surface area contributed by atoms with Crippen LogP contribution in [0, 0.1) is 18.3 Å². The van der Waals surface area contributed by atoms with Gasteiger partial charge in [0, 0.05) is 6.54 Å². The minimum absolute atomic E-state index is 0.472. The van der Waals surface area contributed by atoms with Crippen LogP contribution in [-0.2, 0) is 6.54 Å². The van der Waals surface area contributed by atoms with Gasteiger partial charge in [-0.25, -0.2) is 4.68 Å². The van der Waals surface area contributed by atoms with E-state index in [2.05, 4.69) is 10.4 Å². The maximum atomic E-state index is 8.81. The van der Waals surface area contributed by atoms with Crippen molar-refractivity contribution in [1.82, 2.24) is 9.78 Å². The van der Waals surface area contributed by atoms with Crippen molar-refractivity contribution in [3.05, 3.63) is 34.5 Å². The van der Waals surface area contributed by atoms with Gasteiger partial charge < -0.3 is 11.1 Å². The summed E-state index contributed by atoms with van der Waals surface area (Å²) in [4.78, 5) is 0. The fraction of sp³-hybridized carbons (Fsp3) is 0.231. The van der Waals surface area contributed by atoms with Crippen molar-refractivity contribution in [3.8, 4) is 6.07 Å². The molecular formula is C13H14ClN5. The normalized spacial score (nSPS) is 10.2. The van der Waals surface area contributed by atoms with Crippen LogP contribution in [0.25, 0.3) is 0 Å². The summed E-state index contributed by atoms with van der Waals surface area (Å²) in [6.07, 6.45) is 0. The highest BCUT2D eigenvalue weighted by Crippen LogP contribution is 2.30. The zero-order chi connectivity index (χ0) is 14.0. The highest BCUT2D eigenvalue weighted by molar-refractivity contribution is 6.33. The molecule has 5 nitrogen and oxygen atoms in total. The lowest BCUT2D eigenvalue weighted by molar-refractivity contribution is 0.661. The lowest BCUT2D eigenvalue weighted by atomic mass is 10.2. The number of anilines is 3. The first-order chi connectivity index (χ1) is 9.06. The summed E-state index contributed by atoms with van der Waals surface area (Å²) in [6.45, 7) is 4.54. The highest BCUT2D eigenvalue weighted by atomic mass is 35.5. The second-order valence-corrected chi connectivity index (χ2v) is 4.50. The SMILES string of the molecule is CCn1nc(C)c(N)c1Nc1ccc(C#N)cc1Cl. The number of nitrogens with one attached hydrogen (secondary N) is 1. The van der Waals surface area contributed by atoms with Crippen LogP contribution >= 0.6 is 11.6 Å². The molecule has 0 amide bonds. The Morgan fingerprint density at radius 3 is 2.84 bits per heavy atom. The van der Waals surface area contributed by atoms with Crippen molar-refractivity contribution in [2.75, 3.05) is 11.1 Å². The van der Waals surface area contributed by atoms with E-state index < -0.39 is 0 Å². The van der Waals surface area contributed by atoms with Gasteiger partial charge in [0.2, 0.25) is 0 Å². The fourth-order valence-electron chi connectivity index (χ4n) is 1.77. The van der Waals surface area contributed by atoms with Gasteiger partial charge in [-0.3, -0.25) is 0 Å². The van der Waals surface area contributed by atoms with Gasteiger partial charge in [-0.15, -0.1) is 0 Å². The van der Waals surface area contributed by atoms with Crippen molar-refractivity contribution < 1.29 is 0 Å². The van der Waals surface area contributed by atoms with E-state index in [1.807, 2.05) is 19.9 Å². The standard InChI is InChI=1S/C13H14ClN5/c1-3-19-13(12(16)8(2)18-19)17-11-5-4-9(7-15)6-10(11)14/h4-6,17H,3,16H2,1-2H3. The van der Waals surface area contributed by atoms with Crippen molar-refractivity contribution in [1.29, 1.82) is 5.26 Å². The van der Waals surface area contributed by atoms with E-state index in [1.165, 1.54) is 0 Å².